The van der Waals surface area contributed by atoms with Crippen LogP contribution in [0.2, 0.25) is 0 Å². The predicted molar refractivity (Wildman–Crippen MR) is 93.2 cm³/mol. The number of aryl methyl sites for hydroxylation is 1. The van der Waals surface area contributed by atoms with Crippen LogP contribution in [0, 0.1) is 0 Å². The van der Waals surface area contributed by atoms with Crippen LogP contribution in [0.5, 0.6) is 0 Å². The van der Waals surface area contributed by atoms with Crippen LogP contribution in [0.25, 0.3) is 0 Å². The van der Waals surface area contributed by atoms with E-state index in [2.05, 4.69) is 42.7 Å². The second-order valence-electron chi connectivity index (χ2n) is 5.47. The lowest BCUT2D eigenvalue weighted by Gasteiger charge is -2.28. The van der Waals surface area contributed by atoms with E-state index in [1.165, 1.54) is 47.9 Å². The summed E-state index contributed by atoms with van der Waals surface area (Å²) in [5.74, 6) is 2.59. The van der Waals surface area contributed by atoms with E-state index in [-0.39, 0.29) is 0 Å². The molecule has 1 aromatic heterocycles. The molecule has 1 fully saturated rings. The van der Waals surface area contributed by atoms with Gasteiger partial charge in [-0.25, -0.2) is 4.98 Å². The van der Waals surface area contributed by atoms with Crippen molar-refractivity contribution in [3.8, 4) is 0 Å². The van der Waals surface area contributed by atoms with Gasteiger partial charge in [0.05, 0.1) is 17.0 Å². The number of fused-ring (bicyclic) bond motifs is 1. The van der Waals surface area contributed by atoms with Gasteiger partial charge >= 0.3 is 0 Å². The lowest BCUT2D eigenvalue weighted by atomic mass is 9.98. The van der Waals surface area contributed by atoms with E-state index in [9.17, 15) is 0 Å². The Kier molecular flexibility index (Phi) is 5.34. The molecule has 0 spiro atoms. The van der Waals surface area contributed by atoms with Crippen molar-refractivity contribution in [3.05, 3.63) is 15.6 Å². The van der Waals surface area contributed by atoms with E-state index in [0.717, 1.165) is 11.8 Å². The van der Waals surface area contributed by atoms with Crippen molar-refractivity contribution < 1.29 is 0 Å². The zero-order chi connectivity index (χ0) is 13.9. The summed E-state index contributed by atoms with van der Waals surface area (Å²) < 4.78 is 0. The highest BCUT2D eigenvalue weighted by atomic mass is 32.2. The van der Waals surface area contributed by atoms with Crippen LogP contribution in [0.4, 0.5) is 0 Å². The number of thiazole rings is 1. The van der Waals surface area contributed by atoms with Gasteiger partial charge in [-0.15, -0.1) is 23.1 Å². The Hall–Kier alpha value is 0.290. The number of hydrogen-bond acceptors (Lipinski definition) is 5. The van der Waals surface area contributed by atoms with Gasteiger partial charge in [-0.1, -0.05) is 13.8 Å². The standard InChI is InChI=1S/C15H24N2S3/c1-3-11-14(19-9-8-18-11)15-17-13-10(16-4-2)6-5-7-12(13)20-15/h10-11,14,16H,3-9H2,1-2H3. The van der Waals surface area contributed by atoms with Crippen LogP contribution in [0.15, 0.2) is 0 Å². The topological polar surface area (TPSA) is 24.9 Å². The first kappa shape index (κ1) is 15.2. The van der Waals surface area contributed by atoms with Gasteiger partial charge in [-0.05, 0) is 32.2 Å². The van der Waals surface area contributed by atoms with Gasteiger partial charge < -0.3 is 5.32 Å². The summed E-state index contributed by atoms with van der Waals surface area (Å²) in [6.45, 7) is 5.57. The van der Waals surface area contributed by atoms with Crippen LogP contribution in [0.1, 0.15) is 60.0 Å². The number of hydrogen-bond donors (Lipinski definition) is 1. The van der Waals surface area contributed by atoms with E-state index in [1.807, 2.05) is 11.3 Å². The summed E-state index contributed by atoms with van der Waals surface area (Å²) in [7, 11) is 0. The Morgan fingerprint density at radius 1 is 1.25 bits per heavy atom. The molecule has 3 rings (SSSR count). The normalized spacial score (nSPS) is 30.2. The molecule has 0 bridgehead atoms. The van der Waals surface area contributed by atoms with Gasteiger partial charge in [0.25, 0.3) is 0 Å². The lowest BCUT2D eigenvalue weighted by molar-refractivity contribution is 0.464. The highest BCUT2D eigenvalue weighted by Crippen LogP contribution is 2.47. The number of nitrogens with one attached hydrogen (secondary N) is 1. The fourth-order valence-electron chi connectivity index (χ4n) is 3.14. The van der Waals surface area contributed by atoms with Crippen molar-refractivity contribution in [3.63, 3.8) is 0 Å². The van der Waals surface area contributed by atoms with E-state index in [4.69, 9.17) is 4.98 Å². The first-order valence-corrected chi connectivity index (χ1v) is 10.7. The molecule has 1 aliphatic carbocycles. The van der Waals surface area contributed by atoms with Crippen molar-refractivity contribution in [2.45, 2.75) is 56.1 Å². The molecule has 3 atom stereocenters. The molecule has 0 aromatic carbocycles. The Morgan fingerprint density at radius 2 is 2.10 bits per heavy atom. The van der Waals surface area contributed by atoms with Crippen molar-refractivity contribution >= 4 is 34.9 Å². The van der Waals surface area contributed by atoms with Crippen molar-refractivity contribution in [1.82, 2.24) is 10.3 Å². The summed E-state index contributed by atoms with van der Waals surface area (Å²) in [6, 6.07) is 0.509. The number of nitrogens with zero attached hydrogens (tertiary/aromatic N) is 1. The van der Waals surface area contributed by atoms with Gasteiger partial charge in [0.1, 0.15) is 5.01 Å². The SMILES string of the molecule is CCNC1CCCc2sc(C3SCCSC3CC)nc21. The van der Waals surface area contributed by atoms with Crippen LogP contribution >= 0.6 is 34.9 Å². The third-order valence-electron chi connectivity index (χ3n) is 4.12. The molecule has 0 amide bonds. The zero-order valence-corrected chi connectivity index (χ0v) is 14.8. The molecule has 0 saturated carbocycles. The second kappa shape index (κ2) is 7.03. The van der Waals surface area contributed by atoms with Crippen molar-refractivity contribution in [2.24, 2.45) is 0 Å². The third-order valence-corrected chi connectivity index (χ3v) is 8.74. The highest BCUT2D eigenvalue weighted by Gasteiger charge is 2.32. The molecule has 2 heterocycles. The molecule has 1 saturated heterocycles. The Balaban J connectivity index is 1.84. The summed E-state index contributed by atoms with van der Waals surface area (Å²) in [4.78, 5) is 6.65. The van der Waals surface area contributed by atoms with E-state index >= 15 is 0 Å². The maximum Gasteiger partial charge on any atom is 0.107 e. The maximum atomic E-state index is 5.09. The Morgan fingerprint density at radius 3 is 2.90 bits per heavy atom. The van der Waals surface area contributed by atoms with Gasteiger partial charge in [-0.3, -0.25) is 0 Å². The second-order valence-corrected chi connectivity index (χ2v) is 9.18. The minimum absolute atomic E-state index is 0.509. The van der Waals surface area contributed by atoms with Gasteiger partial charge in [-0.2, -0.15) is 11.8 Å². The first-order chi connectivity index (χ1) is 9.83. The molecule has 1 aromatic rings. The average Bonchev–Trinajstić information content (AvgIpc) is 2.92. The quantitative estimate of drug-likeness (QED) is 0.884. The molecule has 112 valence electrons. The van der Waals surface area contributed by atoms with Gasteiger partial charge in [0.15, 0.2) is 0 Å². The average molecular weight is 329 g/mol. The fourth-order valence-corrected chi connectivity index (χ4v) is 7.73. The lowest BCUT2D eigenvalue weighted by Crippen LogP contribution is -2.25. The summed E-state index contributed by atoms with van der Waals surface area (Å²) in [6.07, 6.45) is 5.09. The number of rotatable bonds is 4. The fraction of sp³-hybridized carbons (Fsp3) is 0.800. The molecule has 1 aliphatic heterocycles. The number of aromatic nitrogens is 1. The van der Waals surface area contributed by atoms with Crippen LogP contribution < -0.4 is 5.32 Å². The van der Waals surface area contributed by atoms with Crippen LogP contribution in [-0.4, -0.2) is 28.3 Å². The van der Waals surface area contributed by atoms with Gasteiger partial charge in [0.2, 0.25) is 0 Å². The van der Waals surface area contributed by atoms with Crippen molar-refractivity contribution in [2.75, 3.05) is 18.1 Å². The van der Waals surface area contributed by atoms with E-state index in [0.29, 0.717) is 11.3 Å². The minimum atomic E-state index is 0.509. The highest BCUT2D eigenvalue weighted by molar-refractivity contribution is 8.06. The molecular weight excluding hydrogens is 304 g/mol. The smallest absolute Gasteiger partial charge is 0.107 e. The van der Waals surface area contributed by atoms with Crippen molar-refractivity contribution in [1.29, 1.82) is 0 Å². The zero-order valence-electron chi connectivity index (χ0n) is 12.4. The first-order valence-electron chi connectivity index (χ1n) is 7.79. The molecule has 20 heavy (non-hydrogen) atoms. The Bertz CT molecular complexity index is 446. The molecule has 2 nitrogen and oxygen atoms in total. The molecule has 1 N–H and O–H groups in total. The minimum Gasteiger partial charge on any atom is -0.309 e. The van der Waals surface area contributed by atoms with Crippen LogP contribution in [-0.2, 0) is 6.42 Å². The molecule has 2 aliphatic rings. The third kappa shape index (κ3) is 3.06. The van der Waals surface area contributed by atoms with Crippen LogP contribution in [0.3, 0.4) is 0 Å². The predicted octanol–water partition coefficient (Wildman–Crippen LogP) is 4.43. The Labute approximate surface area is 134 Å². The summed E-state index contributed by atoms with van der Waals surface area (Å²) in [5.41, 5.74) is 1.38. The molecule has 5 heteroatoms. The number of thioether (sulfide) groups is 2. The van der Waals surface area contributed by atoms with E-state index in [1.54, 1.807) is 4.88 Å². The maximum absolute atomic E-state index is 5.09. The molecule has 3 unspecified atom stereocenters. The summed E-state index contributed by atoms with van der Waals surface area (Å²) >= 11 is 6.29. The van der Waals surface area contributed by atoms with Gasteiger partial charge in [0, 0.05) is 21.6 Å². The summed E-state index contributed by atoms with van der Waals surface area (Å²) in [5, 5.41) is 6.42. The molecule has 0 radical (unpaired) electrons. The van der Waals surface area contributed by atoms with E-state index < -0.39 is 0 Å². The molecular formula is C15H24N2S3. The largest absolute Gasteiger partial charge is 0.309 e. The monoisotopic (exact) mass is 328 g/mol.